The Labute approximate surface area is 129 Å². The lowest BCUT2D eigenvalue weighted by Gasteiger charge is -2.22. The van der Waals surface area contributed by atoms with Gasteiger partial charge in [0.2, 0.25) is 0 Å². The van der Waals surface area contributed by atoms with Crippen LogP contribution in [0.1, 0.15) is 43.2 Å². The van der Waals surface area contributed by atoms with Crippen LogP contribution in [0.4, 0.5) is 9.18 Å². The lowest BCUT2D eigenvalue weighted by atomic mass is 9.96. The molecule has 4 nitrogen and oxygen atoms in total. The molecule has 1 saturated carbocycles. The van der Waals surface area contributed by atoms with Crippen molar-refractivity contribution in [1.29, 1.82) is 0 Å². The van der Waals surface area contributed by atoms with Crippen LogP contribution in [0.5, 0.6) is 0 Å². The molecule has 4 N–H and O–H groups in total. The van der Waals surface area contributed by atoms with E-state index >= 15 is 0 Å². The summed E-state index contributed by atoms with van der Waals surface area (Å²) in [5.41, 5.74) is 6.34. The molecule has 6 heteroatoms. The Balaban J connectivity index is 1.84. The quantitative estimate of drug-likeness (QED) is 0.749. The summed E-state index contributed by atoms with van der Waals surface area (Å²) in [6.07, 6.45) is 5.58. The third-order valence-electron chi connectivity index (χ3n) is 3.72. The van der Waals surface area contributed by atoms with Crippen molar-refractivity contribution < 1.29 is 9.18 Å². The number of thiocarbonyl (C=S) groups is 1. The number of nitrogens with one attached hydrogen (secondary N) is 2. The van der Waals surface area contributed by atoms with Gasteiger partial charge in [-0.2, -0.15) is 0 Å². The van der Waals surface area contributed by atoms with Gasteiger partial charge in [0.1, 0.15) is 10.8 Å². The van der Waals surface area contributed by atoms with Gasteiger partial charge in [0.25, 0.3) is 0 Å². The molecule has 0 radical (unpaired) electrons. The van der Waals surface area contributed by atoms with E-state index in [4.69, 9.17) is 18.0 Å². The van der Waals surface area contributed by atoms with Crippen LogP contribution in [-0.2, 0) is 6.54 Å². The van der Waals surface area contributed by atoms with E-state index < -0.39 is 5.82 Å². The van der Waals surface area contributed by atoms with Crippen molar-refractivity contribution in [3.8, 4) is 0 Å². The average molecular weight is 309 g/mol. The zero-order valence-corrected chi connectivity index (χ0v) is 12.6. The Hall–Kier alpha value is -1.69. The van der Waals surface area contributed by atoms with Gasteiger partial charge in [0.15, 0.2) is 0 Å². The highest BCUT2D eigenvalue weighted by atomic mass is 32.1. The van der Waals surface area contributed by atoms with E-state index in [1.807, 2.05) is 0 Å². The zero-order valence-electron chi connectivity index (χ0n) is 11.8. The normalized spacial score (nSPS) is 15.5. The molecule has 0 aliphatic heterocycles. The lowest BCUT2D eigenvalue weighted by Crippen LogP contribution is -2.42. The molecule has 0 saturated heterocycles. The summed E-state index contributed by atoms with van der Waals surface area (Å²) >= 11 is 4.79. The van der Waals surface area contributed by atoms with Crippen molar-refractivity contribution in [2.75, 3.05) is 0 Å². The fraction of sp³-hybridized carbons (Fsp3) is 0.467. The van der Waals surface area contributed by atoms with Crippen LogP contribution in [0.15, 0.2) is 18.2 Å². The van der Waals surface area contributed by atoms with E-state index in [9.17, 15) is 9.18 Å². The second-order valence-electron chi connectivity index (χ2n) is 5.33. The minimum Gasteiger partial charge on any atom is -0.389 e. The Morgan fingerprint density at radius 3 is 2.67 bits per heavy atom. The molecule has 1 aromatic rings. The fourth-order valence-electron chi connectivity index (χ4n) is 2.50. The SMILES string of the molecule is NC(=S)c1ccc(CNC(=O)NC2CCCCC2)c(F)c1. The monoisotopic (exact) mass is 309 g/mol. The van der Waals surface area contributed by atoms with Gasteiger partial charge in [-0.1, -0.05) is 43.6 Å². The van der Waals surface area contributed by atoms with Gasteiger partial charge in [-0.05, 0) is 18.9 Å². The van der Waals surface area contributed by atoms with E-state index in [-0.39, 0.29) is 23.6 Å². The number of benzene rings is 1. The molecular formula is C15H20FN3OS. The van der Waals surface area contributed by atoms with E-state index in [1.165, 1.54) is 12.5 Å². The number of rotatable bonds is 4. The van der Waals surface area contributed by atoms with Gasteiger partial charge >= 0.3 is 6.03 Å². The van der Waals surface area contributed by atoms with E-state index in [0.717, 1.165) is 25.7 Å². The van der Waals surface area contributed by atoms with Crippen LogP contribution >= 0.6 is 12.2 Å². The van der Waals surface area contributed by atoms with Crippen molar-refractivity contribution in [2.24, 2.45) is 5.73 Å². The van der Waals surface area contributed by atoms with Crippen molar-refractivity contribution in [3.05, 3.63) is 35.1 Å². The Morgan fingerprint density at radius 2 is 2.05 bits per heavy atom. The molecule has 1 aliphatic rings. The largest absolute Gasteiger partial charge is 0.389 e. The highest BCUT2D eigenvalue weighted by molar-refractivity contribution is 7.80. The van der Waals surface area contributed by atoms with Crippen LogP contribution in [-0.4, -0.2) is 17.1 Å². The van der Waals surface area contributed by atoms with E-state index in [0.29, 0.717) is 11.1 Å². The molecule has 2 rings (SSSR count). The first-order valence-electron chi connectivity index (χ1n) is 7.19. The summed E-state index contributed by atoms with van der Waals surface area (Å²) in [7, 11) is 0. The second-order valence-corrected chi connectivity index (χ2v) is 5.77. The van der Waals surface area contributed by atoms with Crippen molar-refractivity contribution in [3.63, 3.8) is 0 Å². The third-order valence-corrected chi connectivity index (χ3v) is 3.95. The van der Waals surface area contributed by atoms with Gasteiger partial charge in [0.05, 0.1) is 0 Å². The molecule has 114 valence electrons. The standard InChI is InChI=1S/C15H20FN3OS/c16-13-8-10(14(17)21)6-7-11(13)9-18-15(20)19-12-4-2-1-3-5-12/h6-8,12H,1-5,9H2,(H2,17,21)(H2,18,19,20). The van der Waals surface area contributed by atoms with E-state index in [2.05, 4.69) is 10.6 Å². The zero-order chi connectivity index (χ0) is 15.2. The lowest BCUT2D eigenvalue weighted by molar-refractivity contribution is 0.232. The summed E-state index contributed by atoms with van der Waals surface area (Å²) in [6.45, 7) is 0.141. The van der Waals surface area contributed by atoms with Crippen LogP contribution in [0, 0.1) is 5.82 Å². The van der Waals surface area contributed by atoms with Crippen LogP contribution in [0.25, 0.3) is 0 Å². The molecule has 0 bridgehead atoms. The molecule has 2 amide bonds. The van der Waals surface area contributed by atoms with Crippen molar-refractivity contribution in [1.82, 2.24) is 10.6 Å². The average Bonchev–Trinajstić information content (AvgIpc) is 2.47. The predicted octanol–water partition coefficient (Wildman–Crippen LogP) is 2.59. The molecule has 1 fully saturated rings. The van der Waals surface area contributed by atoms with Gasteiger partial charge in [0, 0.05) is 23.7 Å². The molecule has 1 aliphatic carbocycles. The molecule has 0 heterocycles. The summed E-state index contributed by atoms with van der Waals surface area (Å²) in [5.74, 6) is -0.418. The van der Waals surface area contributed by atoms with Gasteiger partial charge in [-0.25, -0.2) is 9.18 Å². The van der Waals surface area contributed by atoms with Crippen molar-refractivity contribution in [2.45, 2.75) is 44.7 Å². The summed E-state index contributed by atoms with van der Waals surface area (Å²) in [5, 5.41) is 5.61. The van der Waals surface area contributed by atoms with Crippen LogP contribution in [0.2, 0.25) is 0 Å². The third kappa shape index (κ3) is 4.67. The molecular weight excluding hydrogens is 289 g/mol. The topological polar surface area (TPSA) is 67.1 Å². The minimum absolute atomic E-state index is 0.141. The van der Waals surface area contributed by atoms with Crippen LogP contribution < -0.4 is 16.4 Å². The summed E-state index contributed by atoms with van der Waals surface area (Å²) in [6, 6.07) is 4.52. The van der Waals surface area contributed by atoms with E-state index in [1.54, 1.807) is 12.1 Å². The molecule has 0 spiro atoms. The number of amides is 2. The first kappa shape index (κ1) is 15.7. The highest BCUT2D eigenvalue weighted by Gasteiger charge is 2.15. The maximum Gasteiger partial charge on any atom is 0.315 e. The molecule has 21 heavy (non-hydrogen) atoms. The number of urea groups is 1. The van der Waals surface area contributed by atoms with Crippen LogP contribution in [0.3, 0.4) is 0 Å². The smallest absolute Gasteiger partial charge is 0.315 e. The number of carbonyl (C=O) groups is 1. The molecule has 0 unspecified atom stereocenters. The minimum atomic E-state index is -0.418. The first-order chi connectivity index (χ1) is 10.1. The van der Waals surface area contributed by atoms with Gasteiger partial charge < -0.3 is 16.4 Å². The second kappa shape index (κ2) is 7.36. The van der Waals surface area contributed by atoms with Gasteiger partial charge in [-0.15, -0.1) is 0 Å². The maximum absolute atomic E-state index is 13.8. The number of nitrogens with two attached hydrogens (primary N) is 1. The van der Waals surface area contributed by atoms with Gasteiger partial charge in [-0.3, -0.25) is 0 Å². The summed E-state index contributed by atoms with van der Waals surface area (Å²) < 4.78 is 13.8. The first-order valence-corrected chi connectivity index (χ1v) is 7.59. The molecule has 1 aromatic carbocycles. The molecule has 0 aromatic heterocycles. The Bertz CT molecular complexity index is 530. The van der Waals surface area contributed by atoms with Crippen molar-refractivity contribution >= 4 is 23.2 Å². The summed E-state index contributed by atoms with van der Waals surface area (Å²) in [4.78, 5) is 11.9. The number of carbonyl (C=O) groups excluding carboxylic acids is 1. The Morgan fingerprint density at radius 1 is 1.33 bits per heavy atom. The Kier molecular flexibility index (Phi) is 5.50. The number of halogens is 1. The highest BCUT2D eigenvalue weighted by Crippen LogP contribution is 2.17. The molecule has 0 atom stereocenters. The number of hydrogen-bond donors (Lipinski definition) is 3. The number of hydrogen-bond acceptors (Lipinski definition) is 2. The fourth-order valence-corrected chi connectivity index (χ4v) is 2.63. The predicted molar refractivity (Wildman–Crippen MR) is 84.5 cm³/mol. The maximum atomic E-state index is 13.8.